The van der Waals surface area contributed by atoms with Crippen LogP contribution in [0.4, 0.5) is 10.1 Å². The van der Waals surface area contributed by atoms with Gasteiger partial charge in [-0.25, -0.2) is 4.39 Å². The van der Waals surface area contributed by atoms with E-state index >= 15 is 0 Å². The highest BCUT2D eigenvalue weighted by molar-refractivity contribution is 7.21. The molecule has 19 heavy (non-hydrogen) atoms. The minimum atomic E-state index is -0.352. The number of hydrogen-bond donors (Lipinski definition) is 1. The standard InChI is InChI=1S/C14H15FN2OS/c1-3-7-17(4-2)14(18)13-12(16)10-8-9(15)5-6-11(10)19-13/h3,5-6,8H,1,4,7,16H2,2H3. The zero-order chi connectivity index (χ0) is 14.0. The molecule has 100 valence electrons. The maximum atomic E-state index is 13.2. The number of carbonyl (C=O) groups is 1. The number of likely N-dealkylation sites (N-methyl/N-ethyl adjacent to an activating group) is 1. The summed E-state index contributed by atoms with van der Waals surface area (Å²) in [6, 6.07) is 4.38. The van der Waals surface area contributed by atoms with Crippen LogP contribution in [0.1, 0.15) is 16.6 Å². The van der Waals surface area contributed by atoms with Crippen LogP contribution in [0, 0.1) is 5.82 Å². The third kappa shape index (κ3) is 2.46. The Morgan fingerprint density at radius 1 is 1.58 bits per heavy atom. The van der Waals surface area contributed by atoms with E-state index in [-0.39, 0.29) is 11.7 Å². The fourth-order valence-electron chi connectivity index (χ4n) is 1.90. The summed E-state index contributed by atoms with van der Waals surface area (Å²) >= 11 is 1.29. The van der Waals surface area contributed by atoms with Gasteiger partial charge in [-0.1, -0.05) is 6.08 Å². The Morgan fingerprint density at radius 2 is 2.32 bits per heavy atom. The average molecular weight is 278 g/mol. The van der Waals surface area contributed by atoms with E-state index in [0.717, 1.165) is 4.70 Å². The number of fused-ring (bicyclic) bond motifs is 1. The predicted molar refractivity (Wildman–Crippen MR) is 78.0 cm³/mol. The molecule has 0 fully saturated rings. The summed E-state index contributed by atoms with van der Waals surface area (Å²) in [5, 5.41) is 0.600. The molecule has 3 nitrogen and oxygen atoms in total. The number of nitrogen functional groups attached to an aromatic ring is 1. The Labute approximate surface area is 115 Å². The molecule has 1 amide bonds. The van der Waals surface area contributed by atoms with Gasteiger partial charge in [-0.05, 0) is 25.1 Å². The fraction of sp³-hybridized carbons (Fsp3) is 0.214. The lowest BCUT2D eigenvalue weighted by molar-refractivity contribution is 0.0788. The van der Waals surface area contributed by atoms with E-state index in [1.807, 2.05) is 6.92 Å². The summed E-state index contributed by atoms with van der Waals surface area (Å²) in [4.78, 5) is 14.5. The van der Waals surface area contributed by atoms with Crippen molar-refractivity contribution in [3.63, 3.8) is 0 Å². The molecule has 0 radical (unpaired) electrons. The van der Waals surface area contributed by atoms with E-state index in [1.165, 1.54) is 23.5 Å². The van der Waals surface area contributed by atoms with Gasteiger partial charge in [-0.15, -0.1) is 17.9 Å². The van der Waals surface area contributed by atoms with E-state index in [2.05, 4.69) is 6.58 Å². The third-order valence-electron chi connectivity index (χ3n) is 2.90. The molecule has 0 saturated carbocycles. The van der Waals surface area contributed by atoms with Gasteiger partial charge in [-0.3, -0.25) is 4.79 Å². The number of rotatable bonds is 4. The first-order valence-electron chi connectivity index (χ1n) is 5.96. The zero-order valence-corrected chi connectivity index (χ0v) is 11.5. The molecule has 0 saturated heterocycles. The Bertz CT molecular complexity index is 636. The minimum Gasteiger partial charge on any atom is -0.397 e. The van der Waals surface area contributed by atoms with Gasteiger partial charge in [0.2, 0.25) is 0 Å². The van der Waals surface area contributed by atoms with Gasteiger partial charge in [0.05, 0.1) is 5.69 Å². The van der Waals surface area contributed by atoms with E-state index in [9.17, 15) is 9.18 Å². The molecule has 1 aromatic carbocycles. The van der Waals surface area contributed by atoms with Crippen LogP contribution >= 0.6 is 11.3 Å². The second-order valence-electron chi connectivity index (χ2n) is 4.12. The Morgan fingerprint density at radius 3 is 2.95 bits per heavy atom. The van der Waals surface area contributed by atoms with Crippen molar-refractivity contribution in [2.75, 3.05) is 18.8 Å². The van der Waals surface area contributed by atoms with Crippen LogP contribution in [0.2, 0.25) is 0 Å². The number of hydrogen-bond acceptors (Lipinski definition) is 3. The van der Waals surface area contributed by atoms with E-state index in [1.54, 1.807) is 17.0 Å². The first kappa shape index (κ1) is 13.5. The molecule has 0 spiro atoms. The lowest BCUT2D eigenvalue weighted by Crippen LogP contribution is -2.30. The lowest BCUT2D eigenvalue weighted by atomic mass is 10.2. The normalized spacial score (nSPS) is 10.6. The van der Waals surface area contributed by atoms with Gasteiger partial charge >= 0.3 is 0 Å². The fourth-order valence-corrected chi connectivity index (χ4v) is 2.97. The Kier molecular flexibility index (Phi) is 3.85. The average Bonchev–Trinajstić information content (AvgIpc) is 2.72. The lowest BCUT2D eigenvalue weighted by Gasteiger charge is -2.18. The van der Waals surface area contributed by atoms with Gasteiger partial charge in [0.25, 0.3) is 5.91 Å². The molecule has 0 unspecified atom stereocenters. The maximum Gasteiger partial charge on any atom is 0.266 e. The van der Waals surface area contributed by atoms with Crippen molar-refractivity contribution < 1.29 is 9.18 Å². The molecule has 0 aliphatic rings. The molecule has 1 heterocycles. The van der Waals surface area contributed by atoms with Gasteiger partial charge in [0.1, 0.15) is 10.7 Å². The Balaban J connectivity index is 2.47. The molecular weight excluding hydrogens is 263 g/mol. The van der Waals surface area contributed by atoms with E-state index in [0.29, 0.717) is 29.0 Å². The van der Waals surface area contributed by atoms with Crippen molar-refractivity contribution in [1.29, 1.82) is 0 Å². The number of benzene rings is 1. The number of halogens is 1. The number of carbonyl (C=O) groups excluding carboxylic acids is 1. The maximum absolute atomic E-state index is 13.2. The van der Waals surface area contributed by atoms with Crippen molar-refractivity contribution in [2.45, 2.75) is 6.92 Å². The molecule has 0 bridgehead atoms. The van der Waals surface area contributed by atoms with Gasteiger partial charge in [0.15, 0.2) is 0 Å². The second-order valence-corrected chi connectivity index (χ2v) is 5.17. The highest BCUT2D eigenvalue weighted by Gasteiger charge is 2.20. The van der Waals surface area contributed by atoms with E-state index < -0.39 is 0 Å². The molecule has 0 atom stereocenters. The summed E-state index contributed by atoms with van der Waals surface area (Å²) in [6.07, 6.45) is 1.67. The molecule has 0 aliphatic carbocycles. The van der Waals surface area contributed by atoms with Gasteiger partial charge in [0, 0.05) is 23.2 Å². The number of thiophene rings is 1. The van der Waals surface area contributed by atoms with Crippen LogP contribution in [0.25, 0.3) is 10.1 Å². The van der Waals surface area contributed by atoms with Crippen molar-refractivity contribution >= 4 is 33.0 Å². The molecule has 1 aromatic heterocycles. The van der Waals surface area contributed by atoms with Crippen LogP contribution < -0.4 is 5.73 Å². The highest BCUT2D eigenvalue weighted by Crippen LogP contribution is 2.34. The smallest absolute Gasteiger partial charge is 0.266 e. The second kappa shape index (κ2) is 5.40. The summed E-state index contributed by atoms with van der Waals surface area (Å²) < 4.78 is 14.0. The minimum absolute atomic E-state index is 0.137. The van der Waals surface area contributed by atoms with Crippen LogP contribution in [-0.4, -0.2) is 23.9 Å². The predicted octanol–water partition coefficient (Wildman–Crippen LogP) is 3.27. The van der Waals surface area contributed by atoms with Crippen LogP contribution in [0.3, 0.4) is 0 Å². The van der Waals surface area contributed by atoms with Crippen molar-refractivity contribution in [2.24, 2.45) is 0 Å². The van der Waals surface area contributed by atoms with E-state index in [4.69, 9.17) is 5.73 Å². The summed E-state index contributed by atoms with van der Waals surface area (Å²) in [6.45, 7) is 6.57. The van der Waals surface area contributed by atoms with Crippen LogP contribution in [0.15, 0.2) is 30.9 Å². The quantitative estimate of drug-likeness (QED) is 0.872. The SMILES string of the molecule is C=CCN(CC)C(=O)c1sc2ccc(F)cc2c1N. The summed E-state index contributed by atoms with van der Waals surface area (Å²) in [5.41, 5.74) is 6.32. The summed E-state index contributed by atoms with van der Waals surface area (Å²) in [7, 11) is 0. The Hall–Kier alpha value is -1.88. The number of amides is 1. The molecular formula is C14H15FN2OS. The van der Waals surface area contributed by atoms with Crippen LogP contribution in [-0.2, 0) is 0 Å². The van der Waals surface area contributed by atoms with Gasteiger partial charge < -0.3 is 10.6 Å². The first-order valence-corrected chi connectivity index (χ1v) is 6.77. The van der Waals surface area contributed by atoms with Gasteiger partial charge in [-0.2, -0.15) is 0 Å². The monoisotopic (exact) mass is 278 g/mol. The first-order chi connectivity index (χ1) is 9.08. The molecule has 2 N–H and O–H groups in total. The molecule has 2 rings (SSSR count). The summed E-state index contributed by atoms with van der Waals surface area (Å²) in [5.74, 6) is -0.490. The largest absolute Gasteiger partial charge is 0.397 e. The van der Waals surface area contributed by atoms with Crippen molar-refractivity contribution in [3.8, 4) is 0 Å². The topological polar surface area (TPSA) is 46.3 Å². The molecule has 5 heteroatoms. The van der Waals surface area contributed by atoms with Crippen molar-refractivity contribution in [3.05, 3.63) is 41.5 Å². The molecule has 0 aliphatic heterocycles. The third-order valence-corrected chi connectivity index (χ3v) is 4.08. The van der Waals surface area contributed by atoms with Crippen molar-refractivity contribution in [1.82, 2.24) is 4.90 Å². The van der Waals surface area contributed by atoms with Crippen LogP contribution in [0.5, 0.6) is 0 Å². The number of anilines is 1. The molecule has 2 aromatic rings. The number of nitrogens with two attached hydrogens (primary N) is 1. The number of nitrogens with zero attached hydrogens (tertiary/aromatic N) is 1. The highest BCUT2D eigenvalue weighted by atomic mass is 32.1. The zero-order valence-electron chi connectivity index (χ0n) is 10.6.